The van der Waals surface area contributed by atoms with Crippen LogP contribution in [0.5, 0.6) is 0 Å². The van der Waals surface area contributed by atoms with Gasteiger partial charge >= 0.3 is 0 Å². The maximum absolute atomic E-state index is 10.1. The summed E-state index contributed by atoms with van der Waals surface area (Å²) in [5.74, 6) is 0.178. The lowest BCUT2D eigenvalue weighted by Gasteiger charge is -2.02. The second kappa shape index (κ2) is 4.94. The van der Waals surface area contributed by atoms with Gasteiger partial charge in [0.1, 0.15) is 11.5 Å². The number of fused-ring (bicyclic) bond motifs is 1. The van der Waals surface area contributed by atoms with E-state index in [1.54, 1.807) is 6.08 Å². The summed E-state index contributed by atoms with van der Waals surface area (Å²) >= 11 is 0. The lowest BCUT2D eigenvalue weighted by atomic mass is 10.1. The first kappa shape index (κ1) is 11.5. The van der Waals surface area contributed by atoms with Crippen molar-refractivity contribution in [3.8, 4) is 0 Å². The molecule has 0 fully saturated rings. The smallest absolute Gasteiger partial charge is 0.141 e. The molecule has 1 N–H and O–H groups in total. The Bertz CT molecular complexity index is 732. The summed E-state index contributed by atoms with van der Waals surface area (Å²) in [5, 5.41) is 11.2. The maximum Gasteiger partial charge on any atom is 0.141 e. The number of aliphatic hydroxyl groups excluding tert-OH is 1. The molecule has 0 atom stereocenters. The van der Waals surface area contributed by atoms with Gasteiger partial charge in [0.2, 0.25) is 0 Å². The summed E-state index contributed by atoms with van der Waals surface area (Å²) in [7, 11) is 0. The first-order valence-electron chi connectivity index (χ1n) is 6.15. The number of nitrogens with zero attached hydrogens (tertiary/aromatic N) is 1. The van der Waals surface area contributed by atoms with E-state index in [-0.39, 0.29) is 5.76 Å². The van der Waals surface area contributed by atoms with Crippen molar-refractivity contribution in [3.63, 3.8) is 0 Å². The summed E-state index contributed by atoms with van der Waals surface area (Å²) in [6.07, 6.45) is 1.72. The Balaban J connectivity index is 2.02. The molecular formula is C17H13NO. The van der Waals surface area contributed by atoms with Crippen LogP contribution < -0.4 is 0 Å². The summed E-state index contributed by atoms with van der Waals surface area (Å²) < 4.78 is 0. The molecule has 0 aliphatic carbocycles. The lowest BCUT2D eigenvalue weighted by molar-refractivity contribution is 0.512. The molecule has 0 bridgehead atoms. The minimum Gasteiger partial charge on any atom is -0.506 e. The number of rotatable bonds is 2. The number of aromatic nitrogens is 1. The molecule has 2 heteroatoms. The monoisotopic (exact) mass is 247 g/mol. The second-order valence-corrected chi connectivity index (χ2v) is 4.33. The maximum atomic E-state index is 10.1. The van der Waals surface area contributed by atoms with E-state index < -0.39 is 0 Å². The zero-order valence-electron chi connectivity index (χ0n) is 10.3. The van der Waals surface area contributed by atoms with Crippen molar-refractivity contribution in [1.29, 1.82) is 0 Å². The van der Waals surface area contributed by atoms with Crippen LogP contribution in [-0.4, -0.2) is 10.1 Å². The van der Waals surface area contributed by atoms with Crippen molar-refractivity contribution in [2.45, 2.75) is 0 Å². The summed E-state index contributed by atoms with van der Waals surface area (Å²) in [6.45, 7) is 0. The summed E-state index contributed by atoms with van der Waals surface area (Å²) in [5.41, 5.74) is 2.42. The number of para-hydroxylation sites is 1. The highest BCUT2D eigenvalue weighted by molar-refractivity contribution is 5.82. The van der Waals surface area contributed by atoms with Gasteiger partial charge in [0.05, 0.1) is 5.52 Å². The van der Waals surface area contributed by atoms with E-state index in [1.165, 1.54) is 0 Å². The Hall–Kier alpha value is -2.61. The lowest BCUT2D eigenvalue weighted by Crippen LogP contribution is -1.89. The van der Waals surface area contributed by atoms with Gasteiger partial charge < -0.3 is 5.11 Å². The van der Waals surface area contributed by atoms with Gasteiger partial charge in [0.15, 0.2) is 0 Å². The van der Waals surface area contributed by atoms with Crippen LogP contribution in [0.1, 0.15) is 11.3 Å². The Morgan fingerprint density at radius 2 is 1.58 bits per heavy atom. The van der Waals surface area contributed by atoms with Gasteiger partial charge in [0, 0.05) is 5.39 Å². The SMILES string of the molecule is OC(=Cc1ccccc1)c1ccc2ccccc2n1. The number of hydrogen-bond acceptors (Lipinski definition) is 2. The summed E-state index contributed by atoms with van der Waals surface area (Å²) in [4.78, 5) is 4.45. The average Bonchev–Trinajstić information content (AvgIpc) is 2.48. The molecule has 0 saturated carbocycles. The van der Waals surface area contributed by atoms with Crippen LogP contribution >= 0.6 is 0 Å². The molecule has 1 heterocycles. The normalized spacial score (nSPS) is 11.7. The van der Waals surface area contributed by atoms with E-state index in [9.17, 15) is 5.11 Å². The third kappa shape index (κ3) is 2.47. The highest BCUT2D eigenvalue weighted by atomic mass is 16.3. The standard InChI is InChI=1S/C17H13NO/c19-17(12-13-6-2-1-3-7-13)16-11-10-14-8-4-5-9-15(14)18-16/h1-12,19H. The number of pyridine rings is 1. The van der Waals surface area contributed by atoms with Crippen molar-refractivity contribution in [1.82, 2.24) is 4.98 Å². The Kier molecular flexibility index (Phi) is 2.99. The minimum absolute atomic E-state index is 0.178. The van der Waals surface area contributed by atoms with Gasteiger partial charge in [-0.2, -0.15) is 0 Å². The molecule has 2 aromatic carbocycles. The van der Waals surface area contributed by atoms with Crippen molar-refractivity contribution >= 4 is 22.7 Å². The topological polar surface area (TPSA) is 33.1 Å². The Labute approximate surface area is 111 Å². The Morgan fingerprint density at radius 3 is 2.42 bits per heavy atom. The highest BCUT2D eigenvalue weighted by Crippen LogP contribution is 2.18. The molecular weight excluding hydrogens is 234 g/mol. The molecule has 3 aromatic rings. The molecule has 92 valence electrons. The molecule has 19 heavy (non-hydrogen) atoms. The molecule has 0 spiro atoms. The quantitative estimate of drug-likeness (QED) is 0.685. The molecule has 0 amide bonds. The van der Waals surface area contributed by atoms with Crippen LogP contribution in [0.4, 0.5) is 0 Å². The third-order valence-corrected chi connectivity index (χ3v) is 2.96. The molecule has 0 aliphatic rings. The second-order valence-electron chi connectivity index (χ2n) is 4.33. The van der Waals surface area contributed by atoms with Crippen molar-refractivity contribution < 1.29 is 5.11 Å². The molecule has 0 aliphatic heterocycles. The van der Waals surface area contributed by atoms with E-state index in [4.69, 9.17) is 0 Å². The highest BCUT2D eigenvalue weighted by Gasteiger charge is 2.02. The van der Waals surface area contributed by atoms with Crippen LogP contribution in [0, 0.1) is 0 Å². The average molecular weight is 247 g/mol. The predicted molar refractivity (Wildman–Crippen MR) is 78.7 cm³/mol. The fraction of sp³-hybridized carbons (Fsp3) is 0. The fourth-order valence-electron chi connectivity index (χ4n) is 1.99. The molecule has 0 radical (unpaired) electrons. The van der Waals surface area contributed by atoms with E-state index in [1.807, 2.05) is 66.7 Å². The van der Waals surface area contributed by atoms with Gasteiger partial charge in [-0.05, 0) is 23.8 Å². The molecule has 0 unspecified atom stereocenters. The number of aliphatic hydroxyl groups is 1. The van der Waals surface area contributed by atoms with Gasteiger partial charge in [-0.15, -0.1) is 0 Å². The minimum atomic E-state index is 0.178. The molecule has 1 aromatic heterocycles. The predicted octanol–water partition coefficient (Wildman–Crippen LogP) is 4.29. The zero-order valence-corrected chi connectivity index (χ0v) is 10.3. The molecule has 2 nitrogen and oxygen atoms in total. The van der Waals surface area contributed by atoms with Crippen LogP contribution in [0.3, 0.4) is 0 Å². The first-order chi connectivity index (χ1) is 9.33. The molecule has 0 saturated heterocycles. The van der Waals surface area contributed by atoms with Crippen LogP contribution in [0.2, 0.25) is 0 Å². The number of benzene rings is 2. The van der Waals surface area contributed by atoms with E-state index in [0.717, 1.165) is 16.5 Å². The Morgan fingerprint density at radius 1 is 0.842 bits per heavy atom. The van der Waals surface area contributed by atoms with Gasteiger partial charge in [-0.3, -0.25) is 0 Å². The zero-order chi connectivity index (χ0) is 13.1. The van der Waals surface area contributed by atoms with Crippen LogP contribution in [0.15, 0.2) is 66.7 Å². The van der Waals surface area contributed by atoms with Crippen LogP contribution in [0.25, 0.3) is 22.7 Å². The first-order valence-corrected chi connectivity index (χ1v) is 6.15. The van der Waals surface area contributed by atoms with Gasteiger partial charge in [0.25, 0.3) is 0 Å². The van der Waals surface area contributed by atoms with E-state index in [2.05, 4.69) is 4.98 Å². The third-order valence-electron chi connectivity index (χ3n) is 2.96. The van der Waals surface area contributed by atoms with E-state index in [0.29, 0.717) is 5.69 Å². The number of hydrogen-bond donors (Lipinski definition) is 1. The van der Waals surface area contributed by atoms with E-state index >= 15 is 0 Å². The van der Waals surface area contributed by atoms with Crippen molar-refractivity contribution in [2.24, 2.45) is 0 Å². The van der Waals surface area contributed by atoms with Gasteiger partial charge in [-0.1, -0.05) is 54.6 Å². The summed E-state index contributed by atoms with van der Waals surface area (Å²) in [6, 6.07) is 21.4. The van der Waals surface area contributed by atoms with Crippen LogP contribution in [-0.2, 0) is 0 Å². The largest absolute Gasteiger partial charge is 0.506 e. The van der Waals surface area contributed by atoms with Gasteiger partial charge in [-0.25, -0.2) is 4.98 Å². The molecule has 3 rings (SSSR count). The van der Waals surface area contributed by atoms with Crippen molar-refractivity contribution in [3.05, 3.63) is 78.0 Å². The van der Waals surface area contributed by atoms with Crippen molar-refractivity contribution in [2.75, 3.05) is 0 Å². The fourth-order valence-corrected chi connectivity index (χ4v) is 1.99.